The van der Waals surface area contributed by atoms with Gasteiger partial charge < -0.3 is 5.73 Å². The maximum atomic E-state index is 5.88. The van der Waals surface area contributed by atoms with E-state index in [1.165, 1.54) is 11.1 Å². The SMILES string of the molecule is Cc1c(N)cccc1Cc1ccc(Cl)cc1. The summed E-state index contributed by atoms with van der Waals surface area (Å²) >= 11 is 5.85. The maximum Gasteiger partial charge on any atom is 0.0406 e. The number of benzene rings is 2. The van der Waals surface area contributed by atoms with Gasteiger partial charge in [-0.25, -0.2) is 0 Å². The molecule has 0 heterocycles. The van der Waals surface area contributed by atoms with E-state index in [1.54, 1.807) is 0 Å². The van der Waals surface area contributed by atoms with E-state index in [2.05, 4.69) is 13.0 Å². The number of hydrogen-bond donors (Lipinski definition) is 1. The minimum atomic E-state index is 0.771. The molecule has 2 heteroatoms. The molecule has 0 saturated carbocycles. The van der Waals surface area contributed by atoms with Crippen LogP contribution in [0.2, 0.25) is 5.02 Å². The zero-order valence-corrected chi connectivity index (χ0v) is 9.96. The molecule has 2 aromatic carbocycles. The van der Waals surface area contributed by atoms with E-state index in [4.69, 9.17) is 17.3 Å². The van der Waals surface area contributed by atoms with Gasteiger partial charge in [0.05, 0.1) is 0 Å². The quantitative estimate of drug-likeness (QED) is 0.782. The van der Waals surface area contributed by atoms with Gasteiger partial charge in [-0.05, 0) is 48.2 Å². The number of nitrogen functional groups attached to an aromatic ring is 1. The van der Waals surface area contributed by atoms with Gasteiger partial charge >= 0.3 is 0 Å². The van der Waals surface area contributed by atoms with Gasteiger partial charge in [0.25, 0.3) is 0 Å². The van der Waals surface area contributed by atoms with Crippen LogP contribution in [0.1, 0.15) is 16.7 Å². The Kier molecular flexibility index (Phi) is 3.16. The van der Waals surface area contributed by atoms with E-state index in [1.807, 2.05) is 36.4 Å². The zero-order valence-electron chi connectivity index (χ0n) is 9.20. The fourth-order valence-corrected chi connectivity index (χ4v) is 1.84. The van der Waals surface area contributed by atoms with Crippen LogP contribution in [0.4, 0.5) is 5.69 Å². The van der Waals surface area contributed by atoms with Gasteiger partial charge in [0.15, 0.2) is 0 Å². The molecule has 0 aliphatic heterocycles. The Labute approximate surface area is 101 Å². The fraction of sp³-hybridized carbons (Fsp3) is 0.143. The Balaban J connectivity index is 2.27. The molecule has 16 heavy (non-hydrogen) atoms. The summed E-state index contributed by atoms with van der Waals surface area (Å²) in [6, 6.07) is 14.0. The van der Waals surface area contributed by atoms with Crippen LogP contribution in [0.15, 0.2) is 42.5 Å². The molecule has 0 atom stereocenters. The van der Waals surface area contributed by atoms with Crippen molar-refractivity contribution in [3.8, 4) is 0 Å². The van der Waals surface area contributed by atoms with Gasteiger partial charge in [-0.3, -0.25) is 0 Å². The van der Waals surface area contributed by atoms with Crippen LogP contribution in [0, 0.1) is 6.92 Å². The van der Waals surface area contributed by atoms with E-state index in [9.17, 15) is 0 Å². The van der Waals surface area contributed by atoms with E-state index in [-0.39, 0.29) is 0 Å². The zero-order chi connectivity index (χ0) is 11.5. The number of hydrogen-bond acceptors (Lipinski definition) is 1. The Morgan fingerprint density at radius 2 is 1.75 bits per heavy atom. The van der Waals surface area contributed by atoms with Crippen LogP contribution in [0.3, 0.4) is 0 Å². The van der Waals surface area contributed by atoms with Gasteiger partial charge in [-0.2, -0.15) is 0 Å². The molecule has 1 nitrogen and oxygen atoms in total. The van der Waals surface area contributed by atoms with Crippen molar-refractivity contribution in [1.29, 1.82) is 0 Å². The van der Waals surface area contributed by atoms with Crippen molar-refractivity contribution in [3.63, 3.8) is 0 Å². The molecule has 0 saturated heterocycles. The number of halogens is 1. The van der Waals surface area contributed by atoms with Crippen LogP contribution >= 0.6 is 11.6 Å². The molecule has 0 aliphatic rings. The Morgan fingerprint density at radius 3 is 2.44 bits per heavy atom. The Hall–Kier alpha value is -1.47. The first-order valence-electron chi connectivity index (χ1n) is 5.25. The molecule has 0 unspecified atom stereocenters. The minimum absolute atomic E-state index is 0.771. The van der Waals surface area contributed by atoms with Crippen LogP contribution < -0.4 is 5.73 Å². The molecular formula is C14H14ClN. The van der Waals surface area contributed by atoms with E-state index in [0.717, 1.165) is 22.7 Å². The Morgan fingerprint density at radius 1 is 1.06 bits per heavy atom. The third kappa shape index (κ3) is 2.37. The van der Waals surface area contributed by atoms with E-state index < -0.39 is 0 Å². The van der Waals surface area contributed by atoms with Crippen molar-refractivity contribution in [2.75, 3.05) is 5.73 Å². The summed E-state index contributed by atoms with van der Waals surface area (Å²) in [6.45, 7) is 2.06. The molecule has 2 N–H and O–H groups in total. The molecule has 2 rings (SSSR count). The van der Waals surface area contributed by atoms with Gasteiger partial charge in [0.2, 0.25) is 0 Å². The number of nitrogens with two attached hydrogens (primary N) is 1. The lowest BCUT2D eigenvalue weighted by Gasteiger charge is -2.08. The smallest absolute Gasteiger partial charge is 0.0406 e. The third-order valence-electron chi connectivity index (χ3n) is 2.80. The maximum absolute atomic E-state index is 5.88. The monoisotopic (exact) mass is 231 g/mol. The first kappa shape index (κ1) is 11.0. The molecular weight excluding hydrogens is 218 g/mol. The molecule has 0 bridgehead atoms. The van der Waals surface area contributed by atoms with E-state index >= 15 is 0 Å². The van der Waals surface area contributed by atoms with Crippen molar-refractivity contribution in [2.24, 2.45) is 0 Å². The summed E-state index contributed by atoms with van der Waals surface area (Å²) < 4.78 is 0. The normalized spacial score (nSPS) is 10.4. The summed E-state index contributed by atoms with van der Waals surface area (Å²) in [5.41, 5.74) is 10.4. The highest BCUT2D eigenvalue weighted by Crippen LogP contribution is 2.19. The molecule has 2 aromatic rings. The average Bonchev–Trinajstić information content (AvgIpc) is 2.28. The lowest BCUT2D eigenvalue weighted by atomic mass is 9.99. The number of anilines is 1. The van der Waals surface area contributed by atoms with Crippen molar-refractivity contribution in [2.45, 2.75) is 13.3 Å². The van der Waals surface area contributed by atoms with Gasteiger partial charge in [-0.1, -0.05) is 35.9 Å². The summed E-state index contributed by atoms with van der Waals surface area (Å²) in [5.74, 6) is 0. The molecule has 82 valence electrons. The van der Waals surface area contributed by atoms with Gasteiger partial charge in [0.1, 0.15) is 0 Å². The molecule has 0 aromatic heterocycles. The molecule has 0 aliphatic carbocycles. The lowest BCUT2D eigenvalue weighted by Crippen LogP contribution is -1.96. The van der Waals surface area contributed by atoms with Crippen LogP contribution in [-0.4, -0.2) is 0 Å². The molecule has 0 radical (unpaired) electrons. The van der Waals surface area contributed by atoms with Crippen LogP contribution in [0.25, 0.3) is 0 Å². The Bertz CT molecular complexity index is 489. The highest BCUT2D eigenvalue weighted by atomic mass is 35.5. The van der Waals surface area contributed by atoms with Crippen molar-refractivity contribution in [1.82, 2.24) is 0 Å². The second-order valence-corrected chi connectivity index (χ2v) is 4.37. The summed E-state index contributed by atoms with van der Waals surface area (Å²) in [4.78, 5) is 0. The third-order valence-corrected chi connectivity index (χ3v) is 3.05. The first-order chi connectivity index (χ1) is 7.66. The van der Waals surface area contributed by atoms with Crippen LogP contribution in [-0.2, 0) is 6.42 Å². The van der Waals surface area contributed by atoms with Crippen molar-refractivity contribution < 1.29 is 0 Å². The number of rotatable bonds is 2. The predicted molar refractivity (Wildman–Crippen MR) is 69.8 cm³/mol. The van der Waals surface area contributed by atoms with Gasteiger partial charge in [0, 0.05) is 10.7 Å². The summed E-state index contributed by atoms with van der Waals surface area (Å²) in [6.07, 6.45) is 0.897. The average molecular weight is 232 g/mol. The molecule has 0 amide bonds. The predicted octanol–water partition coefficient (Wildman–Crippen LogP) is 3.82. The lowest BCUT2D eigenvalue weighted by molar-refractivity contribution is 1.16. The second kappa shape index (κ2) is 4.58. The topological polar surface area (TPSA) is 26.0 Å². The van der Waals surface area contributed by atoms with Gasteiger partial charge in [-0.15, -0.1) is 0 Å². The van der Waals surface area contributed by atoms with Crippen LogP contribution in [0.5, 0.6) is 0 Å². The largest absolute Gasteiger partial charge is 0.399 e. The van der Waals surface area contributed by atoms with Crippen molar-refractivity contribution in [3.05, 3.63) is 64.2 Å². The standard InChI is InChI=1S/C14H14ClN/c1-10-12(3-2-4-14(10)16)9-11-5-7-13(15)8-6-11/h2-8H,9,16H2,1H3. The minimum Gasteiger partial charge on any atom is -0.399 e. The molecule has 0 spiro atoms. The summed E-state index contributed by atoms with van der Waals surface area (Å²) in [5, 5.41) is 0.771. The second-order valence-electron chi connectivity index (χ2n) is 3.93. The fourth-order valence-electron chi connectivity index (χ4n) is 1.72. The molecule has 0 fully saturated rings. The summed E-state index contributed by atoms with van der Waals surface area (Å²) in [7, 11) is 0. The van der Waals surface area contributed by atoms with E-state index in [0.29, 0.717) is 0 Å². The highest BCUT2D eigenvalue weighted by molar-refractivity contribution is 6.30. The van der Waals surface area contributed by atoms with Crippen molar-refractivity contribution >= 4 is 17.3 Å². The highest BCUT2D eigenvalue weighted by Gasteiger charge is 2.02. The first-order valence-corrected chi connectivity index (χ1v) is 5.63.